The minimum absolute atomic E-state index is 0.0354. The van der Waals surface area contributed by atoms with E-state index in [2.05, 4.69) is 5.32 Å². The number of carbonyl (C=O) groups is 1. The Morgan fingerprint density at radius 1 is 1.57 bits per heavy atom. The van der Waals surface area contributed by atoms with Gasteiger partial charge in [0, 0.05) is 12.1 Å². The van der Waals surface area contributed by atoms with E-state index in [1.54, 1.807) is 0 Å². The summed E-state index contributed by atoms with van der Waals surface area (Å²) in [5, 5.41) is 18.9. The number of nitrogens with one attached hydrogen (secondary N) is 1. The van der Waals surface area contributed by atoms with Crippen LogP contribution in [0.3, 0.4) is 0 Å². The van der Waals surface area contributed by atoms with Crippen molar-refractivity contribution in [2.24, 2.45) is 0 Å². The molecule has 0 aliphatic carbocycles. The van der Waals surface area contributed by atoms with Gasteiger partial charge in [0.15, 0.2) is 0 Å². The van der Waals surface area contributed by atoms with Crippen molar-refractivity contribution in [1.29, 1.82) is 0 Å². The third kappa shape index (κ3) is 5.60. The second kappa shape index (κ2) is 5.66. The number of aliphatic hydroxyl groups is 1. The Morgan fingerprint density at radius 2 is 2.14 bits per heavy atom. The van der Waals surface area contributed by atoms with Gasteiger partial charge in [-0.3, -0.25) is 0 Å². The molecule has 3 N–H and O–H groups in total. The Hall–Kier alpha value is -1.01. The van der Waals surface area contributed by atoms with Crippen molar-refractivity contribution in [2.75, 3.05) is 19.7 Å². The van der Waals surface area contributed by atoms with Crippen molar-refractivity contribution in [3.05, 3.63) is 11.6 Å². The largest absolute Gasteiger partial charge is 0.478 e. The number of carboxylic acid groups (broad SMARTS) is 1. The zero-order chi connectivity index (χ0) is 11.2. The van der Waals surface area contributed by atoms with Crippen LogP contribution in [0.25, 0.3) is 0 Å². The van der Waals surface area contributed by atoms with Crippen LogP contribution in [0.1, 0.15) is 6.92 Å². The van der Waals surface area contributed by atoms with Crippen molar-refractivity contribution >= 4 is 5.97 Å². The molecule has 0 aromatic rings. The molecule has 0 rings (SSSR count). The van der Waals surface area contributed by atoms with E-state index >= 15 is 0 Å². The standard InChI is InChI=1S/C8H13F2NO3/c1-6(7(13)14)2-3-11-4-8(9,10)5-12/h2,11-12H,3-5H2,1H3,(H,13,14). The highest BCUT2D eigenvalue weighted by atomic mass is 19.3. The van der Waals surface area contributed by atoms with E-state index in [1.807, 2.05) is 0 Å². The molecule has 82 valence electrons. The predicted octanol–water partition coefficient (Wildman–Crippen LogP) is 0.235. The van der Waals surface area contributed by atoms with Crippen LogP contribution in [0, 0.1) is 0 Å². The van der Waals surface area contributed by atoms with Crippen molar-refractivity contribution in [2.45, 2.75) is 12.8 Å². The number of aliphatic hydroxyl groups excluding tert-OH is 1. The smallest absolute Gasteiger partial charge is 0.330 e. The molecule has 0 saturated heterocycles. The van der Waals surface area contributed by atoms with Crippen LogP contribution in [0.5, 0.6) is 0 Å². The van der Waals surface area contributed by atoms with Gasteiger partial charge in [0.1, 0.15) is 6.61 Å². The number of hydrogen-bond donors (Lipinski definition) is 3. The highest BCUT2D eigenvalue weighted by Crippen LogP contribution is 2.09. The molecule has 0 aliphatic rings. The minimum Gasteiger partial charge on any atom is -0.478 e. The fourth-order valence-electron chi connectivity index (χ4n) is 0.624. The molecule has 0 aromatic heterocycles. The summed E-state index contributed by atoms with van der Waals surface area (Å²) in [5.74, 6) is -4.24. The lowest BCUT2D eigenvalue weighted by Crippen LogP contribution is -2.35. The van der Waals surface area contributed by atoms with E-state index in [0.717, 1.165) is 0 Å². The van der Waals surface area contributed by atoms with Crippen LogP contribution in [0.2, 0.25) is 0 Å². The van der Waals surface area contributed by atoms with Crippen LogP contribution in [-0.2, 0) is 4.79 Å². The van der Waals surface area contributed by atoms with Crippen molar-refractivity contribution < 1.29 is 23.8 Å². The van der Waals surface area contributed by atoms with Gasteiger partial charge < -0.3 is 15.5 Å². The van der Waals surface area contributed by atoms with Gasteiger partial charge >= 0.3 is 5.97 Å². The third-order valence-electron chi connectivity index (χ3n) is 1.50. The molecule has 0 aliphatic heterocycles. The molecule has 0 spiro atoms. The zero-order valence-electron chi connectivity index (χ0n) is 7.76. The predicted molar refractivity (Wildman–Crippen MR) is 46.3 cm³/mol. The average Bonchev–Trinajstić information content (AvgIpc) is 2.12. The summed E-state index contributed by atoms with van der Waals surface area (Å²) in [6.45, 7) is -0.490. The molecular formula is C8H13F2NO3. The minimum atomic E-state index is -3.16. The quantitative estimate of drug-likeness (QED) is 0.433. The summed E-state index contributed by atoms with van der Waals surface area (Å²) in [5.41, 5.74) is 0.0878. The SMILES string of the molecule is CC(=CCNCC(F)(F)CO)C(=O)O. The van der Waals surface area contributed by atoms with Gasteiger partial charge in [-0.05, 0) is 6.92 Å². The van der Waals surface area contributed by atoms with Crippen LogP contribution in [0.15, 0.2) is 11.6 Å². The maximum atomic E-state index is 12.4. The van der Waals surface area contributed by atoms with E-state index in [9.17, 15) is 13.6 Å². The highest BCUT2D eigenvalue weighted by Gasteiger charge is 2.26. The number of aliphatic carboxylic acids is 1. The molecule has 0 bridgehead atoms. The Bertz CT molecular complexity index is 229. The van der Waals surface area contributed by atoms with Crippen LogP contribution in [-0.4, -0.2) is 41.8 Å². The van der Waals surface area contributed by atoms with Gasteiger partial charge in [-0.15, -0.1) is 0 Å². The van der Waals surface area contributed by atoms with Gasteiger partial charge in [-0.1, -0.05) is 6.08 Å². The summed E-state index contributed by atoms with van der Waals surface area (Å²) in [4.78, 5) is 10.3. The Morgan fingerprint density at radius 3 is 2.57 bits per heavy atom. The average molecular weight is 209 g/mol. The third-order valence-corrected chi connectivity index (χ3v) is 1.50. The summed E-state index contributed by atoms with van der Waals surface area (Å²) < 4.78 is 24.8. The van der Waals surface area contributed by atoms with Gasteiger partial charge in [-0.25, -0.2) is 13.6 Å². The second-order valence-corrected chi connectivity index (χ2v) is 2.84. The highest BCUT2D eigenvalue weighted by molar-refractivity contribution is 5.85. The van der Waals surface area contributed by atoms with Crippen molar-refractivity contribution in [1.82, 2.24) is 5.32 Å². The van der Waals surface area contributed by atoms with E-state index in [1.165, 1.54) is 13.0 Å². The van der Waals surface area contributed by atoms with Gasteiger partial charge in [0.05, 0.1) is 6.54 Å². The summed E-state index contributed by atoms with van der Waals surface area (Å²) in [7, 11) is 0. The fraction of sp³-hybridized carbons (Fsp3) is 0.625. The van der Waals surface area contributed by atoms with Crippen LogP contribution in [0.4, 0.5) is 8.78 Å². The molecule has 0 unspecified atom stereocenters. The summed E-state index contributed by atoms with van der Waals surface area (Å²) >= 11 is 0. The number of carboxylic acids is 1. The maximum absolute atomic E-state index is 12.4. The molecule has 0 heterocycles. The fourth-order valence-corrected chi connectivity index (χ4v) is 0.624. The molecule has 6 heteroatoms. The monoisotopic (exact) mass is 209 g/mol. The summed E-state index contributed by atoms with van der Waals surface area (Å²) in [6.07, 6.45) is 1.29. The van der Waals surface area contributed by atoms with Crippen molar-refractivity contribution in [3.63, 3.8) is 0 Å². The molecule has 0 atom stereocenters. The molecular weight excluding hydrogens is 196 g/mol. The molecule has 0 fully saturated rings. The molecule has 0 aromatic carbocycles. The molecule has 0 saturated carbocycles. The summed E-state index contributed by atoms with van der Waals surface area (Å²) in [6, 6.07) is 0. The zero-order valence-corrected chi connectivity index (χ0v) is 7.76. The first kappa shape index (κ1) is 13.0. The van der Waals surface area contributed by atoms with Gasteiger partial charge in [-0.2, -0.15) is 0 Å². The lowest BCUT2D eigenvalue weighted by Gasteiger charge is -2.12. The lowest BCUT2D eigenvalue weighted by atomic mass is 10.3. The molecule has 0 amide bonds. The van der Waals surface area contributed by atoms with E-state index in [-0.39, 0.29) is 12.1 Å². The Labute approximate surface area is 80.2 Å². The number of hydrogen-bond acceptors (Lipinski definition) is 3. The van der Waals surface area contributed by atoms with Gasteiger partial charge in [0.25, 0.3) is 5.92 Å². The lowest BCUT2D eigenvalue weighted by molar-refractivity contribution is -0.132. The second-order valence-electron chi connectivity index (χ2n) is 2.84. The Kier molecular flexibility index (Phi) is 5.26. The maximum Gasteiger partial charge on any atom is 0.330 e. The van der Waals surface area contributed by atoms with E-state index in [4.69, 9.17) is 10.2 Å². The Balaban J connectivity index is 3.76. The molecule has 14 heavy (non-hydrogen) atoms. The first-order chi connectivity index (χ1) is 6.39. The molecule has 0 radical (unpaired) electrons. The van der Waals surface area contributed by atoms with Crippen molar-refractivity contribution in [3.8, 4) is 0 Å². The van der Waals surface area contributed by atoms with Gasteiger partial charge in [0.2, 0.25) is 0 Å². The number of halogens is 2. The number of alkyl halides is 2. The van der Waals surface area contributed by atoms with E-state index in [0.29, 0.717) is 0 Å². The van der Waals surface area contributed by atoms with Crippen LogP contribution >= 0.6 is 0 Å². The van der Waals surface area contributed by atoms with E-state index < -0.39 is 25.0 Å². The normalized spacial score (nSPS) is 13.0. The first-order valence-electron chi connectivity index (χ1n) is 3.98. The molecule has 4 nitrogen and oxygen atoms in total. The topological polar surface area (TPSA) is 69.6 Å². The first-order valence-corrected chi connectivity index (χ1v) is 3.98. The van der Waals surface area contributed by atoms with Crippen LogP contribution < -0.4 is 5.32 Å². The number of rotatable bonds is 6.